The summed E-state index contributed by atoms with van der Waals surface area (Å²) in [5, 5.41) is 0.789. The zero-order valence-corrected chi connectivity index (χ0v) is 10.6. The van der Waals surface area contributed by atoms with E-state index in [-0.39, 0.29) is 0 Å². The Morgan fingerprint density at radius 3 is 2.81 bits per heavy atom. The second kappa shape index (κ2) is 6.50. The van der Waals surface area contributed by atoms with Crippen LogP contribution >= 0.6 is 23.4 Å². The van der Waals surface area contributed by atoms with E-state index in [2.05, 4.69) is 0 Å². The lowest BCUT2D eigenvalue weighted by Crippen LogP contribution is -2.03. The minimum atomic E-state index is 0.379. The summed E-state index contributed by atoms with van der Waals surface area (Å²) in [7, 11) is 0. The molecule has 1 atom stereocenters. The van der Waals surface area contributed by atoms with E-state index >= 15 is 0 Å². The van der Waals surface area contributed by atoms with Gasteiger partial charge in [0.2, 0.25) is 0 Å². The molecule has 1 heterocycles. The summed E-state index contributed by atoms with van der Waals surface area (Å²) in [6.45, 7) is 2.45. The molecule has 2 nitrogen and oxygen atoms in total. The topological polar surface area (TPSA) is 21.8 Å². The molecule has 0 radical (unpaired) electrons. The normalized spacial score (nSPS) is 18.7. The Labute approximate surface area is 105 Å². The first-order valence-electron chi connectivity index (χ1n) is 5.42. The zero-order valence-electron chi connectivity index (χ0n) is 9.02. The highest BCUT2D eigenvalue weighted by Gasteiger charge is 2.21. The van der Waals surface area contributed by atoms with Crippen LogP contribution in [-0.2, 0) is 9.47 Å². The number of epoxide rings is 1. The lowest BCUT2D eigenvalue weighted by atomic mass is 10.4. The molecule has 4 heteroatoms. The number of benzene rings is 1. The number of thioether (sulfide) groups is 1. The number of hydrogen-bond donors (Lipinski definition) is 0. The van der Waals surface area contributed by atoms with Crippen LogP contribution in [0, 0.1) is 0 Å². The standard InChI is InChI=1S/C12H15ClO2S/c13-10-2-4-12(5-3-10)16-7-1-6-14-8-11-9-15-11/h2-5,11H,1,6-9H2. The van der Waals surface area contributed by atoms with Crippen molar-refractivity contribution in [3.63, 3.8) is 0 Å². The van der Waals surface area contributed by atoms with Crippen molar-refractivity contribution in [2.24, 2.45) is 0 Å². The molecule has 16 heavy (non-hydrogen) atoms. The van der Waals surface area contributed by atoms with Crippen molar-refractivity contribution in [3.8, 4) is 0 Å². The SMILES string of the molecule is Clc1ccc(SCCCOCC2CO2)cc1. The lowest BCUT2D eigenvalue weighted by Gasteiger charge is -2.03. The van der Waals surface area contributed by atoms with E-state index in [9.17, 15) is 0 Å². The molecule has 1 fully saturated rings. The molecule has 0 bridgehead atoms. The van der Waals surface area contributed by atoms with E-state index in [0.717, 1.165) is 37.0 Å². The molecule has 1 unspecified atom stereocenters. The van der Waals surface area contributed by atoms with Crippen molar-refractivity contribution in [2.45, 2.75) is 17.4 Å². The number of ether oxygens (including phenoxy) is 2. The van der Waals surface area contributed by atoms with Crippen molar-refractivity contribution < 1.29 is 9.47 Å². The molecular formula is C12H15ClO2S. The fraction of sp³-hybridized carbons (Fsp3) is 0.500. The van der Waals surface area contributed by atoms with Crippen LogP contribution in [0.5, 0.6) is 0 Å². The van der Waals surface area contributed by atoms with Gasteiger partial charge in [0, 0.05) is 22.3 Å². The summed E-state index contributed by atoms with van der Waals surface area (Å²) in [6.07, 6.45) is 1.45. The van der Waals surface area contributed by atoms with Crippen molar-refractivity contribution in [1.82, 2.24) is 0 Å². The molecule has 1 aliphatic heterocycles. The van der Waals surface area contributed by atoms with Crippen LogP contribution in [0.2, 0.25) is 5.02 Å². The number of halogens is 1. The monoisotopic (exact) mass is 258 g/mol. The van der Waals surface area contributed by atoms with E-state index < -0.39 is 0 Å². The molecule has 0 amide bonds. The third-order valence-corrected chi connectivity index (χ3v) is 3.57. The molecule has 1 saturated heterocycles. The fourth-order valence-electron chi connectivity index (χ4n) is 1.26. The van der Waals surface area contributed by atoms with Gasteiger partial charge in [-0.05, 0) is 30.7 Å². The highest BCUT2D eigenvalue weighted by molar-refractivity contribution is 7.99. The average Bonchev–Trinajstić information content (AvgIpc) is 3.10. The summed E-state index contributed by atoms with van der Waals surface area (Å²) < 4.78 is 10.5. The van der Waals surface area contributed by atoms with Gasteiger partial charge in [0.1, 0.15) is 6.10 Å². The van der Waals surface area contributed by atoms with Crippen molar-refractivity contribution in [2.75, 3.05) is 25.6 Å². The maximum atomic E-state index is 5.81. The van der Waals surface area contributed by atoms with E-state index in [1.165, 1.54) is 4.90 Å². The summed E-state index contributed by atoms with van der Waals surface area (Å²) in [5.74, 6) is 1.08. The van der Waals surface area contributed by atoms with E-state index in [1.807, 2.05) is 36.0 Å². The molecule has 1 aliphatic rings. The van der Waals surface area contributed by atoms with Crippen LogP contribution in [0.4, 0.5) is 0 Å². The van der Waals surface area contributed by atoms with Crippen LogP contribution in [-0.4, -0.2) is 31.7 Å². The maximum Gasteiger partial charge on any atom is 0.104 e. The molecule has 88 valence electrons. The second-order valence-corrected chi connectivity index (χ2v) is 5.29. The van der Waals surface area contributed by atoms with E-state index in [1.54, 1.807) is 0 Å². The Kier molecular flexibility index (Phi) is 4.97. The second-order valence-electron chi connectivity index (χ2n) is 3.69. The smallest absolute Gasteiger partial charge is 0.104 e. The highest BCUT2D eigenvalue weighted by atomic mass is 35.5. The third kappa shape index (κ3) is 4.74. The van der Waals surface area contributed by atoms with Gasteiger partial charge in [0.05, 0.1) is 13.2 Å². The molecule has 0 N–H and O–H groups in total. The van der Waals surface area contributed by atoms with Gasteiger partial charge in [-0.2, -0.15) is 0 Å². The predicted molar refractivity (Wildman–Crippen MR) is 67.4 cm³/mol. The summed E-state index contributed by atoms with van der Waals surface area (Å²) in [4.78, 5) is 1.26. The third-order valence-electron chi connectivity index (χ3n) is 2.22. The predicted octanol–water partition coefficient (Wildman–Crippen LogP) is 3.24. The Bertz CT molecular complexity index is 311. The van der Waals surface area contributed by atoms with Gasteiger partial charge in [-0.15, -0.1) is 11.8 Å². The molecule has 0 aliphatic carbocycles. The molecule has 0 aromatic heterocycles. The number of hydrogen-bond acceptors (Lipinski definition) is 3. The molecular weight excluding hydrogens is 244 g/mol. The van der Waals surface area contributed by atoms with Crippen molar-refractivity contribution in [1.29, 1.82) is 0 Å². The molecule has 2 rings (SSSR count). The fourth-order valence-corrected chi connectivity index (χ4v) is 2.21. The van der Waals surface area contributed by atoms with Crippen LogP contribution < -0.4 is 0 Å². The average molecular weight is 259 g/mol. The Morgan fingerprint density at radius 1 is 1.38 bits per heavy atom. The summed E-state index contributed by atoms with van der Waals surface area (Å²) in [6, 6.07) is 7.94. The molecule has 1 aromatic carbocycles. The molecule has 1 aromatic rings. The largest absolute Gasteiger partial charge is 0.379 e. The van der Waals surface area contributed by atoms with Crippen molar-refractivity contribution >= 4 is 23.4 Å². The zero-order chi connectivity index (χ0) is 11.2. The minimum absolute atomic E-state index is 0.379. The summed E-state index contributed by atoms with van der Waals surface area (Å²) >= 11 is 7.64. The first kappa shape index (κ1) is 12.2. The summed E-state index contributed by atoms with van der Waals surface area (Å²) in [5.41, 5.74) is 0. The lowest BCUT2D eigenvalue weighted by molar-refractivity contribution is 0.117. The van der Waals surface area contributed by atoms with Crippen LogP contribution in [0.15, 0.2) is 29.2 Å². The van der Waals surface area contributed by atoms with Crippen LogP contribution in [0.25, 0.3) is 0 Å². The van der Waals surface area contributed by atoms with Gasteiger partial charge in [-0.25, -0.2) is 0 Å². The maximum absolute atomic E-state index is 5.81. The van der Waals surface area contributed by atoms with Gasteiger partial charge in [0.25, 0.3) is 0 Å². The molecule has 0 saturated carbocycles. The van der Waals surface area contributed by atoms with Gasteiger partial charge >= 0.3 is 0 Å². The number of rotatable bonds is 7. The Balaban J connectivity index is 1.51. The van der Waals surface area contributed by atoms with Gasteiger partial charge < -0.3 is 9.47 Å². The minimum Gasteiger partial charge on any atom is -0.379 e. The first-order valence-corrected chi connectivity index (χ1v) is 6.78. The van der Waals surface area contributed by atoms with Crippen LogP contribution in [0.1, 0.15) is 6.42 Å². The van der Waals surface area contributed by atoms with Gasteiger partial charge in [-0.1, -0.05) is 11.6 Å². The van der Waals surface area contributed by atoms with Gasteiger partial charge in [0.15, 0.2) is 0 Å². The Hall–Kier alpha value is -0.220. The quantitative estimate of drug-likeness (QED) is 0.426. The Morgan fingerprint density at radius 2 is 2.12 bits per heavy atom. The molecule has 0 spiro atoms. The van der Waals surface area contributed by atoms with E-state index in [4.69, 9.17) is 21.1 Å². The first-order chi connectivity index (χ1) is 7.84. The van der Waals surface area contributed by atoms with Crippen LogP contribution in [0.3, 0.4) is 0 Å². The van der Waals surface area contributed by atoms with Gasteiger partial charge in [-0.3, -0.25) is 0 Å². The van der Waals surface area contributed by atoms with E-state index in [0.29, 0.717) is 6.10 Å². The highest BCUT2D eigenvalue weighted by Crippen LogP contribution is 2.20. The van der Waals surface area contributed by atoms with Crippen molar-refractivity contribution in [3.05, 3.63) is 29.3 Å².